The Balaban J connectivity index is 2.03. The van der Waals surface area contributed by atoms with Crippen LogP contribution < -0.4 is 20.2 Å². The highest BCUT2D eigenvalue weighted by Gasteiger charge is 2.06. The first kappa shape index (κ1) is 19.7. The molecule has 0 amide bonds. The number of hydrazone groups is 1. The number of thiocarbonyl (C=S) groups is 1. The van der Waals surface area contributed by atoms with Crippen LogP contribution in [0.2, 0.25) is 0 Å². The van der Waals surface area contributed by atoms with E-state index >= 15 is 0 Å². The predicted molar refractivity (Wildman–Crippen MR) is 110 cm³/mol. The molecule has 138 valence electrons. The molecular weight excluding hydrogens is 346 g/mol. The Morgan fingerprint density at radius 3 is 2.54 bits per heavy atom. The standard InChI is InChI=1S/C20H25N3O2S/c1-4-21-20(26)23-22-13-17-10-11-18(19(12-17)24-5-2)25-14-16-8-6-15(3)7-9-16/h6-13H,4-5,14H2,1-3H3,(H2,21,23,26). The van der Waals surface area contributed by atoms with Crippen molar-refractivity contribution in [2.45, 2.75) is 27.4 Å². The molecule has 0 aliphatic heterocycles. The number of nitrogens with zero attached hydrogens (tertiary/aromatic N) is 1. The smallest absolute Gasteiger partial charge is 0.186 e. The second-order valence-corrected chi connectivity index (χ2v) is 6.05. The van der Waals surface area contributed by atoms with Crippen molar-refractivity contribution >= 4 is 23.5 Å². The summed E-state index contributed by atoms with van der Waals surface area (Å²) in [6, 6.07) is 14.0. The lowest BCUT2D eigenvalue weighted by atomic mass is 10.2. The average molecular weight is 372 g/mol. The molecule has 0 saturated carbocycles. The Kier molecular flexibility index (Phi) is 7.89. The third-order valence-electron chi connectivity index (χ3n) is 3.50. The van der Waals surface area contributed by atoms with Gasteiger partial charge in [0.2, 0.25) is 0 Å². The van der Waals surface area contributed by atoms with Gasteiger partial charge in [-0.25, -0.2) is 0 Å². The summed E-state index contributed by atoms with van der Waals surface area (Å²) in [5.41, 5.74) is 6.01. The van der Waals surface area contributed by atoms with Crippen LogP contribution in [0.3, 0.4) is 0 Å². The van der Waals surface area contributed by atoms with Crippen molar-refractivity contribution in [3.05, 3.63) is 59.2 Å². The molecule has 0 unspecified atom stereocenters. The quantitative estimate of drug-likeness (QED) is 0.420. The highest BCUT2D eigenvalue weighted by Crippen LogP contribution is 2.28. The molecule has 0 aliphatic rings. The number of rotatable bonds is 8. The number of aryl methyl sites for hydroxylation is 1. The maximum Gasteiger partial charge on any atom is 0.186 e. The van der Waals surface area contributed by atoms with Gasteiger partial charge in [-0.15, -0.1) is 0 Å². The minimum Gasteiger partial charge on any atom is -0.490 e. The maximum atomic E-state index is 5.93. The Morgan fingerprint density at radius 2 is 1.85 bits per heavy atom. The van der Waals surface area contributed by atoms with Crippen LogP contribution in [0.5, 0.6) is 11.5 Å². The third kappa shape index (κ3) is 6.37. The molecular formula is C20H25N3O2S. The molecule has 0 atom stereocenters. The molecule has 0 saturated heterocycles. The molecule has 2 N–H and O–H groups in total. The van der Waals surface area contributed by atoms with Crippen LogP contribution in [0.25, 0.3) is 0 Å². The van der Waals surface area contributed by atoms with Crippen molar-refractivity contribution < 1.29 is 9.47 Å². The zero-order chi connectivity index (χ0) is 18.8. The number of ether oxygens (including phenoxy) is 2. The van der Waals surface area contributed by atoms with Crippen molar-refractivity contribution in [1.29, 1.82) is 0 Å². The minimum absolute atomic E-state index is 0.492. The van der Waals surface area contributed by atoms with E-state index in [2.05, 4.69) is 47.0 Å². The molecule has 0 fully saturated rings. The molecule has 0 aliphatic carbocycles. The van der Waals surface area contributed by atoms with Crippen molar-refractivity contribution in [3.63, 3.8) is 0 Å². The molecule has 26 heavy (non-hydrogen) atoms. The molecule has 2 aromatic rings. The first-order chi connectivity index (χ1) is 12.6. The van der Waals surface area contributed by atoms with Crippen molar-refractivity contribution in [2.24, 2.45) is 5.10 Å². The Labute approximate surface area is 160 Å². The largest absolute Gasteiger partial charge is 0.490 e. The van der Waals surface area contributed by atoms with Crippen LogP contribution in [0, 0.1) is 6.92 Å². The van der Waals surface area contributed by atoms with E-state index in [0.29, 0.717) is 29.8 Å². The summed E-state index contributed by atoms with van der Waals surface area (Å²) in [4.78, 5) is 0. The van der Waals surface area contributed by atoms with Crippen LogP contribution in [-0.4, -0.2) is 24.5 Å². The average Bonchev–Trinajstić information content (AvgIpc) is 2.63. The number of benzene rings is 2. The van der Waals surface area contributed by atoms with E-state index in [1.165, 1.54) is 5.56 Å². The fraction of sp³-hybridized carbons (Fsp3) is 0.300. The second kappa shape index (κ2) is 10.4. The van der Waals surface area contributed by atoms with E-state index in [4.69, 9.17) is 21.7 Å². The van der Waals surface area contributed by atoms with Gasteiger partial charge < -0.3 is 14.8 Å². The molecule has 0 aromatic heterocycles. The molecule has 0 spiro atoms. The van der Waals surface area contributed by atoms with Crippen LogP contribution in [0.15, 0.2) is 47.6 Å². The predicted octanol–water partition coefficient (Wildman–Crippen LogP) is 3.79. The van der Waals surface area contributed by atoms with Crippen LogP contribution in [-0.2, 0) is 6.61 Å². The van der Waals surface area contributed by atoms with Crippen LogP contribution >= 0.6 is 12.2 Å². The Morgan fingerprint density at radius 1 is 1.08 bits per heavy atom. The van der Waals surface area contributed by atoms with Crippen LogP contribution in [0.1, 0.15) is 30.5 Å². The number of hydrogen-bond acceptors (Lipinski definition) is 4. The molecule has 0 bridgehead atoms. The van der Waals surface area contributed by atoms with Crippen molar-refractivity contribution in [1.82, 2.24) is 10.7 Å². The topological polar surface area (TPSA) is 54.9 Å². The van der Waals surface area contributed by atoms with Crippen molar-refractivity contribution in [3.8, 4) is 11.5 Å². The van der Waals surface area contributed by atoms with E-state index < -0.39 is 0 Å². The summed E-state index contributed by atoms with van der Waals surface area (Å²) in [5.74, 6) is 1.40. The first-order valence-corrected chi connectivity index (χ1v) is 9.05. The number of hydrogen-bond donors (Lipinski definition) is 2. The number of nitrogens with one attached hydrogen (secondary N) is 2. The first-order valence-electron chi connectivity index (χ1n) is 8.64. The fourth-order valence-corrected chi connectivity index (χ4v) is 2.40. The van der Waals surface area contributed by atoms with Gasteiger partial charge in [-0.05, 0) is 62.3 Å². The van der Waals surface area contributed by atoms with E-state index in [9.17, 15) is 0 Å². The van der Waals surface area contributed by atoms with E-state index in [-0.39, 0.29) is 0 Å². The summed E-state index contributed by atoms with van der Waals surface area (Å²) in [5, 5.41) is 7.58. The zero-order valence-corrected chi connectivity index (χ0v) is 16.2. The van der Waals surface area contributed by atoms with Gasteiger partial charge in [0.1, 0.15) is 6.61 Å². The summed E-state index contributed by atoms with van der Waals surface area (Å²) < 4.78 is 11.6. The monoisotopic (exact) mass is 371 g/mol. The maximum absolute atomic E-state index is 5.93. The van der Waals surface area contributed by atoms with E-state index in [1.807, 2.05) is 32.0 Å². The minimum atomic E-state index is 0.492. The summed E-state index contributed by atoms with van der Waals surface area (Å²) in [6.45, 7) is 7.79. The Hall–Kier alpha value is -2.60. The second-order valence-electron chi connectivity index (χ2n) is 5.64. The molecule has 0 heterocycles. The molecule has 0 radical (unpaired) electrons. The molecule has 5 nitrogen and oxygen atoms in total. The molecule has 2 aromatic carbocycles. The van der Waals surface area contributed by atoms with Gasteiger partial charge in [0.15, 0.2) is 16.6 Å². The zero-order valence-electron chi connectivity index (χ0n) is 15.4. The van der Waals surface area contributed by atoms with E-state index in [1.54, 1.807) is 6.21 Å². The highest BCUT2D eigenvalue weighted by atomic mass is 32.1. The fourth-order valence-electron chi connectivity index (χ4n) is 2.20. The lowest BCUT2D eigenvalue weighted by Gasteiger charge is -2.13. The highest BCUT2D eigenvalue weighted by molar-refractivity contribution is 7.80. The molecule has 2 rings (SSSR count). The van der Waals surface area contributed by atoms with E-state index in [0.717, 1.165) is 17.7 Å². The van der Waals surface area contributed by atoms with Gasteiger partial charge in [0.05, 0.1) is 12.8 Å². The summed E-state index contributed by atoms with van der Waals surface area (Å²) in [6.07, 6.45) is 1.69. The van der Waals surface area contributed by atoms with Gasteiger partial charge in [0.25, 0.3) is 0 Å². The van der Waals surface area contributed by atoms with Gasteiger partial charge in [-0.2, -0.15) is 5.10 Å². The summed E-state index contributed by atoms with van der Waals surface area (Å²) in [7, 11) is 0. The van der Waals surface area contributed by atoms with Gasteiger partial charge in [-0.1, -0.05) is 29.8 Å². The normalized spacial score (nSPS) is 10.6. The SMILES string of the molecule is CCNC(=S)NN=Cc1ccc(OCc2ccc(C)cc2)c(OCC)c1. The third-order valence-corrected chi connectivity index (χ3v) is 3.74. The summed E-state index contributed by atoms with van der Waals surface area (Å²) >= 11 is 5.06. The Bertz CT molecular complexity index is 745. The van der Waals surface area contributed by atoms with Gasteiger partial charge in [0, 0.05) is 6.54 Å². The van der Waals surface area contributed by atoms with Gasteiger partial charge in [-0.3, -0.25) is 5.43 Å². The molecule has 6 heteroatoms. The van der Waals surface area contributed by atoms with Crippen LogP contribution in [0.4, 0.5) is 0 Å². The van der Waals surface area contributed by atoms with Gasteiger partial charge >= 0.3 is 0 Å². The lowest BCUT2D eigenvalue weighted by molar-refractivity contribution is 0.269. The lowest BCUT2D eigenvalue weighted by Crippen LogP contribution is -2.31. The van der Waals surface area contributed by atoms with Crippen molar-refractivity contribution in [2.75, 3.05) is 13.2 Å².